The zero-order valence-electron chi connectivity index (χ0n) is 9.53. The molecule has 0 heterocycles. The van der Waals surface area contributed by atoms with Gasteiger partial charge < -0.3 is 4.89 Å². The summed E-state index contributed by atoms with van der Waals surface area (Å²) in [5.74, 6) is 1.09. The lowest BCUT2D eigenvalue weighted by Gasteiger charge is -2.21. The van der Waals surface area contributed by atoms with Crippen molar-refractivity contribution in [3.8, 4) is 0 Å². The molecular formula is C10H22BrO2P. The minimum atomic E-state index is -2.91. The Kier molecular flexibility index (Phi) is 6.60. The molecule has 0 aromatic rings. The molecule has 0 amide bonds. The molecule has 3 unspecified atom stereocenters. The molecule has 0 rings (SSSR count). The molecule has 14 heavy (non-hydrogen) atoms. The Bertz CT molecular complexity index is 206. The number of alkyl halides is 1. The summed E-state index contributed by atoms with van der Waals surface area (Å²) in [7, 11) is -2.91. The number of hydrogen-bond acceptors (Lipinski definition) is 1. The van der Waals surface area contributed by atoms with Gasteiger partial charge in [-0.25, -0.2) is 0 Å². The maximum atomic E-state index is 11.8. The summed E-state index contributed by atoms with van der Waals surface area (Å²) in [6.07, 6.45) is 0.900. The van der Waals surface area contributed by atoms with Gasteiger partial charge in [-0.3, -0.25) is 4.57 Å². The molecule has 4 heteroatoms. The summed E-state index contributed by atoms with van der Waals surface area (Å²) in [5, 5.41) is 0.799. The van der Waals surface area contributed by atoms with Crippen molar-refractivity contribution in [1.29, 1.82) is 0 Å². The van der Waals surface area contributed by atoms with Crippen molar-refractivity contribution < 1.29 is 9.46 Å². The molecular weight excluding hydrogens is 263 g/mol. The van der Waals surface area contributed by atoms with Crippen molar-refractivity contribution in [3.05, 3.63) is 0 Å². The molecule has 0 aliphatic heterocycles. The van der Waals surface area contributed by atoms with Crippen molar-refractivity contribution in [2.75, 3.05) is 17.7 Å². The average molecular weight is 285 g/mol. The van der Waals surface area contributed by atoms with Gasteiger partial charge in [0.05, 0.1) is 0 Å². The van der Waals surface area contributed by atoms with E-state index >= 15 is 0 Å². The first-order chi connectivity index (χ1) is 6.28. The fourth-order valence-corrected chi connectivity index (χ4v) is 4.43. The predicted molar refractivity (Wildman–Crippen MR) is 66.5 cm³/mol. The summed E-state index contributed by atoms with van der Waals surface area (Å²) in [6.45, 7) is 8.24. The van der Waals surface area contributed by atoms with E-state index in [9.17, 15) is 9.46 Å². The normalized spacial score (nSPS) is 20.5. The maximum Gasteiger partial charge on any atom is 0.201 e. The quantitative estimate of drug-likeness (QED) is 0.598. The van der Waals surface area contributed by atoms with Crippen LogP contribution in [0.15, 0.2) is 0 Å². The third-order valence-corrected chi connectivity index (χ3v) is 6.02. The first kappa shape index (κ1) is 14.7. The summed E-state index contributed by atoms with van der Waals surface area (Å²) in [5.41, 5.74) is 0. The second-order valence-electron chi connectivity index (χ2n) is 4.69. The third-order valence-electron chi connectivity index (χ3n) is 2.57. The molecule has 0 aliphatic carbocycles. The number of hydrogen-bond donors (Lipinski definition) is 1. The lowest BCUT2D eigenvalue weighted by Crippen LogP contribution is -2.14. The summed E-state index contributed by atoms with van der Waals surface area (Å²) in [6, 6.07) is 0. The van der Waals surface area contributed by atoms with Crippen molar-refractivity contribution in [3.63, 3.8) is 0 Å². The Labute approximate surface area is 96.1 Å². The number of halogens is 1. The average Bonchev–Trinajstić information content (AvgIpc) is 2.02. The maximum absolute atomic E-state index is 11.8. The topological polar surface area (TPSA) is 37.3 Å². The van der Waals surface area contributed by atoms with E-state index in [1.165, 1.54) is 0 Å². The second kappa shape index (κ2) is 6.30. The highest BCUT2D eigenvalue weighted by Crippen LogP contribution is 2.45. The van der Waals surface area contributed by atoms with Crippen LogP contribution in [0.3, 0.4) is 0 Å². The van der Waals surface area contributed by atoms with Crippen LogP contribution in [-0.2, 0) is 4.57 Å². The van der Waals surface area contributed by atoms with Gasteiger partial charge in [0.2, 0.25) is 7.37 Å². The molecule has 86 valence electrons. The lowest BCUT2D eigenvalue weighted by atomic mass is 10.0. The summed E-state index contributed by atoms with van der Waals surface area (Å²) < 4.78 is 11.8. The third kappa shape index (κ3) is 6.21. The molecule has 0 bridgehead atoms. The van der Waals surface area contributed by atoms with E-state index in [-0.39, 0.29) is 5.92 Å². The Morgan fingerprint density at radius 1 is 1.21 bits per heavy atom. The Hall–Kier alpha value is 0.670. The van der Waals surface area contributed by atoms with Gasteiger partial charge in [0.1, 0.15) is 0 Å². The van der Waals surface area contributed by atoms with Crippen LogP contribution in [0.4, 0.5) is 0 Å². The van der Waals surface area contributed by atoms with Gasteiger partial charge in [0.25, 0.3) is 0 Å². The molecule has 0 fully saturated rings. The van der Waals surface area contributed by atoms with Gasteiger partial charge in [-0.2, -0.15) is 0 Å². The molecule has 3 atom stereocenters. The van der Waals surface area contributed by atoms with Gasteiger partial charge in [0.15, 0.2) is 0 Å². The first-order valence-electron chi connectivity index (χ1n) is 5.15. The van der Waals surface area contributed by atoms with Gasteiger partial charge in [0, 0.05) is 17.7 Å². The summed E-state index contributed by atoms with van der Waals surface area (Å²) in [4.78, 5) is 9.77. The van der Waals surface area contributed by atoms with Crippen molar-refractivity contribution in [2.45, 2.75) is 27.7 Å². The second-order valence-corrected chi connectivity index (χ2v) is 7.76. The van der Waals surface area contributed by atoms with E-state index in [2.05, 4.69) is 29.8 Å². The predicted octanol–water partition coefficient (Wildman–Crippen LogP) is 3.58. The van der Waals surface area contributed by atoms with Crippen LogP contribution in [0.5, 0.6) is 0 Å². The van der Waals surface area contributed by atoms with Gasteiger partial charge in [-0.15, -0.1) is 0 Å². The zero-order valence-corrected chi connectivity index (χ0v) is 12.0. The van der Waals surface area contributed by atoms with E-state index in [1.807, 2.05) is 13.8 Å². The molecule has 0 aromatic heterocycles. The van der Waals surface area contributed by atoms with Crippen molar-refractivity contribution in [1.82, 2.24) is 0 Å². The Balaban J connectivity index is 4.13. The van der Waals surface area contributed by atoms with Crippen LogP contribution in [0.1, 0.15) is 27.7 Å². The van der Waals surface area contributed by atoms with Crippen molar-refractivity contribution in [2.24, 2.45) is 17.8 Å². The highest BCUT2D eigenvalue weighted by molar-refractivity contribution is 9.09. The van der Waals surface area contributed by atoms with Crippen LogP contribution in [-0.4, -0.2) is 22.5 Å². The van der Waals surface area contributed by atoms with Gasteiger partial charge in [-0.05, 0) is 17.8 Å². The molecule has 0 aliphatic rings. The van der Waals surface area contributed by atoms with Crippen LogP contribution in [0.2, 0.25) is 0 Å². The van der Waals surface area contributed by atoms with E-state index in [0.29, 0.717) is 24.2 Å². The van der Waals surface area contributed by atoms with E-state index in [4.69, 9.17) is 0 Å². The molecule has 0 saturated heterocycles. The lowest BCUT2D eigenvalue weighted by molar-refractivity contribution is 0.416. The van der Waals surface area contributed by atoms with Crippen LogP contribution >= 0.6 is 23.3 Å². The monoisotopic (exact) mass is 284 g/mol. The molecule has 0 saturated carbocycles. The number of rotatable bonds is 6. The smallest absolute Gasteiger partial charge is 0.201 e. The van der Waals surface area contributed by atoms with Crippen LogP contribution in [0.25, 0.3) is 0 Å². The fraction of sp³-hybridized carbons (Fsp3) is 1.00. The fourth-order valence-electron chi connectivity index (χ4n) is 1.27. The van der Waals surface area contributed by atoms with Gasteiger partial charge >= 0.3 is 0 Å². The highest BCUT2D eigenvalue weighted by atomic mass is 79.9. The largest absolute Gasteiger partial charge is 0.344 e. The van der Waals surface area contributed by atoms with Gasteiger partial charge in [-0.1, -0.05) is 43.6 Å². The van der Waals surface area contributed by atoms with E-state index in [0.717, 1.165) is 5.33 Å². The molecule has 2 nitrogen and oxygen atoms in total. The molecule has 0 spiro atoms. The molecule has 1 N–H and O–H groups in total. The zero-order chi connectivity index (χ0) is 11.4. The standard InChI is InChI=1S/C10H22BrO2P/c1-8(2)10(4)7-14(12,13)6-9(3)5-11/h8-10H,5-7H2,1-4H3,(H,12,13). The van der Waals surface area contributed by atoms with Crippen molar-refractivity contribution >= 4 is 23.3 Å². The Morgan fingerprint density at radius 3 is 2.07 bits per heavy atom. The summed E-state index contributed by atoms with van der Waals surface area (Å²) >= 11 is 3.33. The SMILES string of the molecule is CC(CBr)CP(=O)(O)CC(C)C(C)C. The van der Waals surface area contributed by atoms with Crippen LogP contribution in [0, 0.1) is 17.8 Å². The van der Waals surface area contributed by atoms with E-state index < -0.39 is 7.37 Å². The highest BCUT2D eigenvalue weighted by Gasteiger charge is 2.25. The molecule has 0 radical (unpaired) electrons. The first-order valence-corrected chi connectivity index (χ1v) is 8.30. The molecule has 0 aromatic carbocycles. The minimum absolute atomic E-state index is 0.283. The van der Waals surface area contributed by atoms with E-state index in [1.54, 1.807) is 0 Å². The minimum Gasteiger partial charge on any atom is -0.344 e. The Morgan fingerprint density at radius 2 is 1.71 bits per heavy atom. The van der Waals surface area contributed by atoms with Crippen LogP contribution < -0.4 is 0 Å².